The molecule has 1 rings (SSSR count). The van der Waals surface area contributed by atoms with E-state index in [1.165, 1.54) is 0 Å². The number of hydrogen-bond acceptors (Lipinski definition) is 3. The van der Waals surface area contributed by atoms with Crippen LogP contribution in [0, 0.1) is 11.3 Å². The van der Waals surface area contributed by atoms with Crippen molar-refractivity contribution in [3.63, 3.8) is 0 Å². The predicted octanol–water partition coefficient (Wildman–Crippen LogP) is 1.08. The summed E-state index contributed by atoms with van der Waals surface area (Å²) in [5.74, 6) is -0.780. The summed E-state index contributed by atoms with van der Waals surface area (Å²) in [6.45, 7) is 9.01. The first-order chi connectivity index (χ1) is 9.33. The SMILES string of the molecule is CCN(C)CCNC(=O)N1CCC(C(=O)O)(C(C)C)C1. The molecule has 0 aromatic rings. The van der Waals surface area contributed by atoms with Crippen LogP contribution in [0.1, 0.15) is 27.2 Å². The van der Waals surface area contributed by atoms with Gasteiger partial charge in [-0.05, 0) is 25.9 Å². The summed E-state index contributed by atoms with van der Waals surface area (Å²) >= 11 is 0. The Balaban J connectivity index is 2.50. The fourth-order valence-electron chi connectivity index (χ4n) is 2.52. The number of urea groups is 1. The number of amides is 2. The maximum Gasteiger partial charge on any atom is 0.317 e. The fourth-order valence-corrected chi connectivity index (χ4v) is 2.52. The van der Waals surface area contributed by atoms with E-state index in [0.717, 1.165) is 13.1 Å². The van der Waals surface area contributed by atoms with E-state index in [0.29, 0.717) is 26.1 Å². The number of aliphatic carboxylic acids is 1. The van der Waals surface area contributed by atoms with Crippen molar-refractivity contribution >= 4 is 12.0 Å². The van der Waals surface area contributed by atoms with Gasteiger partial charge in [-0.3, -0.25) is 4.79 Å². The number of likely N-dealkylation sites (N-methyl/N-ethyl adjacent to an activating group) is 1. The highest BCUT2D eigenvalue weighted by Gasteiger charge is 2.48. The van der Waals surface area contributed by atoms with Gasteiger partial charge in [-0.2, -0.15) is 0 Å². The van der Waals surface area contributed by atoms with Gasteiger partial charge in [-0.1, -0.05) is 20.8 Å². The largest absolute Gasteiger partial charge is 0.481 e. The second kappa shape index (κ2) is 6.92. The number of carboxylic acid groups (broad SMARTS) is 1. The Bertz CT molecular complexity index is 360. The number of nitrogens with zero attached hydrogens (tertiary/aromatic N) is 2. The summed E-state index contributed by atoms with van der Waals surface area (Å²) in [4.78, 5) is 27.3. The highest BCUT2D eigenvalue weighted by molar-refractivity contribution is 5.80. The molecular weight excluding hydrogens is 258 g/mol. The molecule has 6 heteroatoms. The van der Waals surface area contributed by atoms with E-state index in [1.807, 2.05) is 20.9 Å². The molecule has 0 aromatic heterocycles. The van der Waals surface area contributed by atoms with Crippen LogP contribution < -0.4 is 5.32 Å². The van der Waals surface area contributed by atoms with E-state index in [4.69, 9.17) is 0 Å². The van der Waals surface area contributed by atoms with E-state index >= 15 is 0 Å². The number of hydrogen-bond donors (Lipinski definition) is 2. The average Bonchev–Trinajstić information content (AvgIpc) is 2.84. The molecule has 2 amide bonds. The van der Waals surface area contributed by atoms with Crippen molar-refractivity contribution in [3.8, 4) is 0 Å². The fraction of sp³-hybridized carbons (Fsp3) is 0.857. The van der Waals surface area contributed by atoms with Crippen LogP contribution in [0.15, 0.2) is 0 Å². The Labute approximate surface area is 121 Å². The first-order valence-corrected chi connectivity index (χ1v) is 7.28. The van der Waals surface area contributed by atoms with E-state index in [2.05, 4.69) is 17.1 Å². The van der Waals surface area contributed by atoms with Gasteiger partial charge in [-0.15, -0.1) is 0 Å². The minimum Gasteiger partial charge on any atom is -0.481 e. The highest BCUT2D eigenvalue weighted by atomic mass is 16.4. The molecule has 6 nitrogen and oxygen atoms in total. The van der Waals surface area contributed by atoms with Gasteiger partial charge in [0, 0.05) is 26.2 Å². The number of likely N-dealkylation sites (tertiary alicyclic amines) is 1. The van der Waals surface area contributed by atoms with Crippen LogP contribution >= 0.6 is 0 Å². The Morgan fingerprint density at radius 2 is 2.10 bits per heavy atom. The molecular formula is C14H27N3O3. The molecule has 0 saturated carbocycles. The minimum absolute atomic E-state index is 0.0176. The molecule has 116 valence electrons. The molecule has 1 aliphatic heterocycles. The molecule has 1 atom stereocenters. The Hall–Kier alpha value is -1.30. The lowest BCUT2D eigenvalue weighted by molar-refractivity contribution is -0.150. The van der Waals surface area contributed by atoms with Crippen LogP contribution in [0.4, 0.5) is 4.79 Å². The lowest BCUT2D eigenvalue weighted by Crippen LogP contribution is -2.45. The van der Waals surface area contributed by atoms with Crippen LogP contribution in [-0.4, -0.2) is 66.7 Å². The molecule has 1 heterocycles. The smallest absolute Gasteiger partial charge is 0.317 e. The van der Waals surface area contributed by atoms with Crippen molar-refractivity contribution in [1.29, 1.82) is 0 Å². The maximum absolute atomic E-state index is 12.1. The lowest BCUT2D eigenvalue weighted by atomic mass is 9.76. The lowest BCUT2D eigenvalue weighted by Gasteiger charge is -2.28. The van der Waals surface area contributed by atoms with E-state index in [9.17, 15) is 14.7 Å². The van der Waals surface area contributed by atoms with Crippen LogP contribution in [0.5, 0.6) is 0 Å². The van der Waals surface area contributed by atoms with Gasteiger partial charge in [0.05, 0.1) is 5.41 Å². The molecule has 0 aromatic carbocycles. The monoisotopic (exact) mass is 285 g/mol. The van der Waals surface area contributed by atoms with E-state index < -0.39 is 11.4 Å². The van der Waals surface area contributed by atoms with Gasteiger partial charge in [-0.25, -0.2) is 4.79 Å². The molecule has 0 bridgehead atoms. The van der Waals surface area contributed by atoms with Crippen molar-refractivity contribution < 1.29 is 14.7 Å². The Morgan fingerprint density at radius 1 is 1.45 bits per heavy atom. The zero-order valence-corrected chi connectivity index (χ0v) is 13.0. The van der Waals surface area contributed by atoms with Gasteiger partial charge in [0.15, 0.2) is 0 Å². The molecule has 20 heavy (non-hydrogen) atoms. The zero-order valence-electron chi connectivity index (χ0n) is 13.0. The first-order valence-electron chi connectivity index (χ1n) is 7.28. The summed E-state index contributed by atoms with van der Waals surface area (Å²) in [6.07, 6.45) is 0.530. The quantitative estimate of drug-likeness (QED) is 0.766. The third kappa shape index (κ3) is 3.62. The summed E-state index contributed by atoms with van der Waals surface area (Å²) in [5, 5.41) is 12.3. The van der Waals surface area contributed by atoms with Crippen LogP contribution in [0.25, 0.3) is 0 Å². The molecule has 0 aliphatic carbocycles. The van der Waals surface area contributed by atoms with Crippen LogP contribution in [0.3, 0.4) is 0 Å². The molecule has 1 aliphatic rings. The minimum atomic E-state index is -0.798. The standard InChI is InChI=1S/C14H27N3O3/c1-5-16(4)9-7-15-13(20)17-8-6-14(10-17,11(2)3)12(18)19/h11H,5-10H2,1-4H3,(H,15,20)(H,18,19). The third-order valence-corrected chi connectivity index (χ3v) is 4.43. The Morgan fingerprint density at radius 3 is 2.55 bits per heavy atom. The molecule has 0 spiro atoms. The van der Waals surface area contributed by atoms with E-state index in [1.54, 1.807) is 4.90 Å². The number of rotatable bonds is 6. The molecule has 1 saturated heterocycles. The van der Waals surface area contributed by atoms with Crippen molar-refractivity contribution in [2.75, 3.05) is 39.8 Å². The second-order valence-corrected chi connectivity index (χ2v) is 5.92. The number of nitrogens with one attached hydrogen (secondary N) is 1. The van der Waals surface area contributed by atoms with E-state index in [-0.39, 0.29) is 11.9 Å². The maximum atomic E-state index is 12.1. The van der Waals surface area contributed by atoms with Gasteiger partial charge < -0.3 is 20.2 Å². The molecule has 1 unspecified atom stereocenters. The molecule has 1 fully saturated rings. The van der Waals surface area contributed by atoms with Crippen LogP contribution in [0.2, 0.25) is 0 Å². The summed E-state index contributed by atoms with van der Waals surface area (Å²) in [6, 6.07) is -0.154. The molecule has 2 N–H and O–H groups in total. The highest BCUT2D eigenvalue weighted by Crippen LogP contribution is 2.38. The normalized spacial score (nSPS) is 22.6. The van der Waals surface area contributed by atoms with Crippen molar-refractivity contribution in [2.45, 2.75) is 27.2 Å². The van der Waals surface area contributed by atoms with Crippen molar-refractivity contribution in [2.24, 2.45) is 11.3 Å². The van der Waals surface area contributed by atoms with Gasteiger partial charge in [0.2, 0.25) is 0 Å². The number of carbonyl (C=O) groups excluding carboxylic acids is 1. The average molecular weight is 285 g/mol. The van der Waals surface area contributed by atoms with Crippen molar-refractivity contribution in [1.82, 2.24) is 15.1 Å². The summed E-state index contributed by atoms with van der Waals surface area (Å²) in [7, 11) is 2.00. The van der Waals surface area contributed by atoms with Gasteiger partial charge >= 0.3 is 12.0 Å². The van der Waals surface area contributed by atoms with Crippen LogP contribution in [-0.2, 0) is 4.79 Å². The third-order valence-electron chi connectivity index (χ3n) is 4.43. The Kier molecular flexibility index (Phi) is 5.80. The van der Waals surface area contributed by atoms with Gasteiger partial charge in [0.1, 0.15) is 0 Å². The second-order valence-electron chi connectivity index (χ2n) is 5.92. The van der Waals surface area contributed by atoms with Crippen molar-refractivity contribution in [3.05, 3.63) is 0 Å². The zero-order chi connectivity index (χ0) is 15.3. The predicted molar refractivity (Wildman–Crippen MR) is 77.7 cm³/mol. The molecule has 0 radical (unpaired) electrons. The number of carboxylic acids is 1. The summed E-state index contributed by atoms with van der Waals surface area (Å²) < 4.78 is 0. The van der Waals surface area contributed by atoms with Gasteiger partial charge in [0.25, 0.3) is 0 Å². The topological polar surface area (TPSA) is 72.9 Å². The number of carbonyl (C=O) groups is 2. The summed E-state index contributed by atoms with van der Waals surface area (Å²) in [5.41, 5.74) is -0.794. The first kappa shape index (κ1) is 16.8.